The van der Waals surface area contributed by atoms with Crippen molar-refractivity contribution in [2.45, 2.75) is 26.4 Å². The smallest absolute Gasteiger partial charge is 1.00 e. The molecule has 0 amide bonds. The van der Waals surface area contributed by atoms with Gasteiger partial charge in [-0.2, -0.15) is 0 Å². The second-order valence-corrected chi connectivity index (χ2v) is 2.66. The Hall–Kier alpha value is 0.946. The Morgan fingerprint density at radius 3 is 1.90 bits per heavy atom. The van der Waals surface area contributed by atoms with Crippen LogP contribution in [0.1, 0.15) is 20.8 Å². The molecule has 0 bridgehead atoms. The molecule has 0 aliphatic carbocycles. The van der Waals surface area contributed by atoms with Gasteiger partial charge in [0, 0.05) is 6.61 Å². The molecule has 0 saturated carbocycles. The van der Waals surface area contributed by atoms with Crippen LogP contribution in [0.15, 0.2) is 6.08 Å². The third-order valence-corrected chi connectivity index (χ3v) is 0.613. The van der Waals surface area contributed by atoms with Crippen LogP contribution in [0.2, 0.25) is 0 Å². The molecule has 0 atom stereocenters. The van der Waals surface area contributed by atoms with Crippen molar-refractivity contribution in [2.75, 3.05) is 6.61 Å². The van der Waals surface area contributed by atoms with Gasteiger partial charge >= 0.3 is 23.1 Å². The molecule has 0 rings (SSSR count). The van der Waals surface area contributed by atoms with Gasteiger partial charge in [0.2, 0.25) is 0 Å². The maximum Gasteiger partial charge on any atom is 2.00 e. The molecule has 1 nitrogen and oxygen atoms in total. The van der Waals surface area contributed by atoms with Gasteiger partial charge in [-0.1, -0.05) is 0 Å². The van der Waals surface area contributed by atoms with E-state index in [1.54, 1.807) is 0 Å². The third-order valence-electron chi connectivity index (χ3n) is 0.613. The molecule has 0 saturated heterocycles. The summed E-state index contributed by atoms with van der Waals surface area (Å²) in [5.41, 5.74) is -0.0597. The fraction of sp³-hybridized carbons (Fsp3) is 0.714. The zero-order chi connectivity index (χ0) is 6.62. The minimum Gasteiger partial charge on any atom is -1.00 e. The molecule has 0 unspecified atom stereocenters. The van der Waals surface area contributed by atoms with Gasteiger partial charge < -0.3 is 28.3 Å². The maximum absolute atomic E-state index is 5.20. The first-order chi connectivity index (χ1) is 3.56. The molecule has 0 aromatic rings. The van der Waals surface area contributed by atoms with E-state index in [0.29, 0.717) is 6.61 Å². The zero-order valence-electron chi connectivity index (χ0n) is 6.86. The van der Waals surface area contributed by atoms with E-state index in [-0.39, 0.29) is 45.6 Å². The summed E-state index contributed by atoms with van der Waals surface area (Å²) in [5, 5.41) is 0. The molecule has 10 heavy (non-hydrogen) atoms. The topological polar surface area (TPSA) is 9.23 Å². The van der Waals surface area contributed by atoms with E-state index in [4.69, 9.17) is 11.3 Å². The molecular formula is C7H13BrMgO. The average Bonchev–Trinajstić information content (AvgIpc) is 1.59. The van der Waals surface area contributed by atoms with Crippen molar-refractivity contribution < 1.29 is 21.7 Å². The minimum atomic E-state index is -0.0597. The van der Waals surface area contributed by atoms with Crippen LogP contribution in [-0.2, 0) is 4.74 Å². The summed E-state index contributed by atoms with van der Waals surface area (Å²) >= 11 is 0. The van der Waals surface area contributed by atoms with Crippen molar-refractivity contribution in [1.29, 1.82) is 0 Å². The van der Waals surface area contributed by atoms with Gasteiger partial charge in [0.1, 0.15) is 0 Å². The van der Waals surface area contributed by atoms with Crippen molar-refractivity contribution >= 4 is 23.1 Å². The molecule has 0 aromatic carbocycles. The number of hydrogen-bond acceptors (Lipinski definition) is 1. The minimum absolute atomic E-state index is 0. The first kappa shape index (κ1) is 17.1. The van der Waals surface area contributed by atoms with E-state index in [0.717, 1.165) is 0 Å². The molecule has 0 spiro atoms. The van der Waals surface area contributed by atoms with Crippen molar-refractivity contribution in [3.8, 4) is 0 Å². The number of rotatable bonds is 2. The number of halogens is 1. The van der Waals surface area contributed by atoms with Gasteiger partial charge in [0.25, 0.3) is 0 Å². The predicted octanol–water partition coefficient (Wildman–Crippen LogP) is -1.59. The second kappa shape index (κ2) is 8.05. The van der Waals surface area contributed by atoms with Crippen LogP contribution < -0.4 is 17.0 Å². The summed E-state index contributed by atoms with van der Waals surface area (Å²) in [6.45, 7) is 11.6. The largest absolute Gasteiger partial charge is 2.00 e. The Labute approximate surface area is 90.1 Å². The van der Waals surface area contributed by atoms with Crippen molar-refractivity contribution in [3.05, 3.63) is 12.7 Å². The molecular weight excluding hydrogens is 204 g/mol. The Morgan fingerprint density at radius 1 is 1.40 bits per heavy atom. The van der Waals surface area contributed by atoms with Gasteiger partial charge in [-0.3, -0.25) is 0 Å². The molecule has 0 fully saturated rings. The van der Waals surface area contributed by atoms with Crippen LogP contribution >= 0.6 is 0 Å². The van der Waals surface area contributed by atoms with Gasteiger partial charge in [0.05, 0.1) is 5.60 Å². The molecule has 56 valence electrons. The second-order valence-electron chi connectivity index (χ2n) is 2.66. The van der Waals surface area contributed by atoms with Crippen LogP contribution in [0, 0.1) is 6.58 Å². The van der Waals surface area contributed by atoms with E-state index in [1.165, 1.54) is 6.08 Å². The van der Waals surface area contributed by atoms with Crippen LogP contribution in [-0.4, -0.2) is 35.3 Å². The van der Waals surface area contributed by atoms with Crippen molar-refractivity contribution in [3.63, 3.8) is 0 Å². The van der Waals surface area contributed by atoms with Crippen LogP contribution in [0.3, 0.4) is 0 Å². The summed E-state index contributed by atoms with van der Waals surface area (Å²) in [6.07, 6.45) is 1.51. The molecule has 0 radical (unpaired) electrons. The van der Waals surface area contributed by atoms with E-state index in [9.17, 15) is 0 Å². The van der Waals surface area contributed by atoms with Gasteiger partial charge in [-0.25, -0.2) is 6.08 Å². The Balaban J connectivity index is -0.000000245. The maximum atomic E-state index is 5.20. The summed E-state index contributed by atoms with van der Waals surface area (Å²) in [6, 6.07) is 0. The fourth-order valence-electron chi connectivity index (χ4n) is 0.298. The molecule has 0 aliphatic heterocycles. The standard InChI is InChI=1S/C7H13O.BrH.Mg/c1-5-6-8-7(2,3)4;;/h1,5H,6H2,2-4H3;1H;/q-1;;+2/p-1. The van der Waals surface area contributed by atoms with E-state index >= 15 is 0 Å². The first-order valence-corrected chi connectivity index (χ1v) is 2.73. The summed E-state index contributed by atoms with van der Waals surface area (Å²) in [7, 11) is 0. The quantitative estimate of drug-likeness (QED) is 0.400. The Kier molecular flexibility index (Phi) is 13.8. The van der Waals surface area contributed by atoms with E-state index in [1.807, 2.05) is 20.8 Å². The van der Waals surface area contributed by atoms with Crippen LogP contribution in [0.25, 0.3) is 0 Å². The van der Waals surface area contributed by atoms with Crippen LogP contribution in [0.5, 0.6) is 0 Å². The number of hydrogen-bond donors (Lipinski definition) is 0. The van der Waals surface area contributed by atoms with Crippen LogP contribution in [0.4, 0.5) is 0 Å². The first-order valence-electron chi connectivity index (χ1n) is 2.73. The van der Waals surface area contributed by atoms with Gasteiger partial charge in [-0.15, -0.1) is 0 Å². The molecule has 0 aliphatic rings. The summed E-state index contributed by atoms with van der Waals surface area (Å²) in [5.74, 6) is 0. The van der Waals surface area contributed by atoms with Crippen molar-refractivity contribution in [1.82, 2.24) is 0 Å². The van der Waals surface area contributed by atoms with Crippen molar-refractivity contribution in [2.24, 2.45) is 0 Å². The number of ether oxygens (including phenoxy) is 1. The third kappa shape index (κ3) is 16.0. The SMILES string of the molecule is [Br-].[CH-]=CCOC(C)(C)C.[Mg+2]. The molecule has 3 heteroatoms. The average molecular weight is 217 g/mol. The molecule has 0 N–H and O–H groups in total. The summed E-state index contributed by atoms with van der Waals surface area (Å²) < 4.78 is 5.20. The monoisotopic (exact) mass is 216 g/mol. The van der Waals surface area contributed by atoms with E-state index in [2.05, 4.69) is 0 Å². The van der Waals surface area contributed by atoms with E-state index < -0.39 is 0 Å². The molecule has 0 heterocycles. The Morgan fingerprint density at radius 2 is 1.80 bits per heavy atom. The fourth-order valence-corrected chi connectivity index (χ4v) is 0.298. The Bertz CT molecular complexity index is 78.2. The van der Waals surface area contributed by atoms with Gasteiger partial charge in [0.15, 0.2) is 0 Å². The normalized spacial score (nSPS) is 9.10. The predicted molar refractivity (Wildman–Crippen MR) is 40.3 cm³/mol. The zero-order valence-corrected chi connectivity index (χ0v) is 9.86. The summed E-state index contributed by atoms with van der Waals surface area (Å²) in [4.78, 5) is 0. The van der Waals surface area contributed by atoms with Gasteiger partial charge in [-0.05, 0) is 20.8 Å². The molecule has 0 aromatic heterocycles.